The zero-order chi connectivity index (χ0) is 14.1. The van der Waals surface area contributed by atoms with Crippen molar-refractivity contribution in [1.29, 1.82) is 0 Å². The van der Waals surface area contributed by atoms with Gasteiger partial charge in [0.15, 0.2) is 0 Å². The summed E-state index contributed by atoms with van der Waals surface area (Å²) in [6.07, 6.45) is 4.41. The molecule has 2 fully saturated rings. The van der Waals surface area contributed by atoms with E-state index in [4.69, 9.17) is 25.5 Å². The number of hydrogen-bond donors (Lipinski definition) is 0. The van der Waals surface area contributed by atoms with E-state index in [2.05, 4.69) is 0 Å². The van der Waals surface area contributed by atoms with E-state index in [0.717, 1.165) is 25.7 Å². The summed E-state index contributed by atoms with van der Waals surface area (Å²) in [7, 11) is 0. The lowest BCUT2D eigenvalue weighted by molar-refractivity contribution is -0.123. The second kappa shape index (κ2) is 5.14. The van der Waals surface area contributed by atoms with Crippen LogP contribution in [0.25, 0.3) is 0 Å². The van der Waals surface area contributed by atoms with Gasteiger partial charge >= 0.3 is 6.09 Å². The molecule has 1 heterocycles. The SMILES string of the molecule is [CH]C([CH])([CH])OC(=O)N1CCC2(CCC(=O)CC2)CC1. The van der Waals surface area contributed by atoms with Gasteiger partial charge in [-0.2, -0.15) is 0 Å². The topological polar surface area (TPSA) is 46.6 Å². The molecule has 1 aliphatic carbocycles. The molecule has 19 heavy (non-hydrogen) atoms. The summed E-state index contributed by atoms with van der Waals surface area (Å²) in [5.74, 6) is 0.353. The first-order valence-electron chi connectivity index (χ1n) is 6.66. The van der Waals surface area contributed by atoms with E-state index >= 15 is 0 Å². The monoisotopic (exact) mass is 261 g/mol. The van der Waals surface area contributed by atoms with Crippen molar-refractivity contribution in [2.45, 2.75) is 44.1 Å². The number of hydrogen-bond acceptors (Lipinski definition) is 3. The lowest BCUT2D eigenvalue weighted by Gasteiger charge is -2.43. The van der Waals surface area contributed by atoms with Crippen molar-refractivity contribution >= 4 is 11.9 Å². The normalized spacial score (nSPS) is 23.5. The minimum atomic E-state index is -1.93. The molecule has 0 N–H and O–H groups in total. The Morgan fingerprint density at radius 3 is 2.11 bits per heavy atom. The minimum absolute atomic E-state index is 0.218. The number of ether oxygens (including phenoxy) is 1. The largest absolute Gasteiger partial charge is 0.442 e. The maximum atomic E-state index is 11.7. The van der Waals surface area contributed by atoms with Crippen LogP contribution in [0, 0.1) is 26.2 Å². The van der Waals surface area contributed by atoms with Gasteiger partial charge in [0.2, 0.25) is 0 Å². The van der Waals surface area contributed by atoms with Gasteiger partial charge in [0, 0.05) is 46.7 Å². The molecular formula is C15H19NO3. The Morgan fingerprint density at radius 2 is 1.63 bits per heavy atom. The maximum absolute atomic E-state index is 11.7. The van der Waals surface area contributed by atoms with Gasteiger partial charge in [0.05, 0.1) is 0 Å². The number of ketones is 1. The molecule has 1 spiro atoms. The molecule has 0 unspecified atom stereocenters. The number of carbonyl (C=O) groups excluding carboxylic acids is 2. The summed E-state index contributed by atoms with van der Waals surface area (Å²) in [5.41, 5.74) is -1.71. The van der Waals surface area contributed by atoms with Crippen molar-refractivity contribution in [2.75, 3.05) is 13.1 Å². The lowest BCUT2D eigenvalue weighted by Crippen LogP contribution is -2.46. The Labute approximate surface area is 115 Å². The molecule has 6 radical (unpaired) electrons. The number of rotatable bonds is 1. The first-order chi connectivity index (χ1) is 8.80. The first kappa shape index (κ1) is 14.4. The molecule has 0 aromatic rings. The Morgan fingerprint density at radius 1 is 1.11 bits per heavy atom. The maximum Gasteiger partial charge on any atom is 0.410 e. The highest BCUT2D eigenvalue weighted by atomic mass is 16.6. The summed E-state index contributed by atoms with van der Waals surface area (Å²) in [6.45, 7) is 16.9. The van der Waals surface area contributed by atoms with E-state index in [1.807, 2.05) is 0 Å². The predicted octanol–water partition coefficient (Wildman–Crippen LogP) is 2.22. The van der Waals surface area contributed by atoms with Crippen LogP contribution in [0.4, 0.5) is 4.79 Å². The lowest BCUT2D eigenvalue weighted by atomic mass is 9.68. The van der Waals surface area contributed by atoms with Crippen LogP contribution in [0.2, 0.25) is 0 Å². The van der Waals surface area contributed by atoms with Gasteiger partial charge in [-0.05, 0) is 31.1 Å². The van der Waals surface area contributed by atoms with Gasteiger partial charge in [-0.1, -0.05) is 0 Å². The van der Waals surface area contributed by atoms with E-state index in [1.54, 1.807) is 4.90 Å². The van der Waals surface area contributed by atoms with Crippen LogP contribution < -0.4 is 0 Å². The highest BCUT2D eigenvalue weighted by Crippen LogP contribution is 2.43. The van der Waals surface area contributed by atoms with Gasteiger partial charge < -0.3 is 9.64 Å². The molecule has 1 aliphatic heterocycles. The predicted molar refractivity (Wildman–Crippen MR) is 68.8 cm³/mol. The van der Waals surface area contributed by atoms with Gasteiger partial charge in [0.1, 0.15) is 11.4 Å². The Balaban J connectivity index is 1.85. The molecule has 0 aromatic heterocycles. The smallest absolute Gasteiger partial charge is 0.410 e. The molecule has 1 saturated heterocycles. The molecule has 2 aliphatic rings. The van der Waals surface area contributed by atoms with Gasteiger partial charge in [-0.15, -0.1) is 0 Å². The van der Waals surface area contributed by atoms with Crippen LogP contribution in [-0.2, 0) is 9.53 Å². The van der Waals surface area contributed by atoms with Crippen molar-refractivity contribution in [3.63, 3.8) is 0 Å². The number of carbonyl (C=O) groups is 2. The van der Waals surface area contributed by atoms with Crippen LogP contribution in [-0.4, -0.2) is 35.5 Å². The second-order valence-corrected chi connectivity index (χ2v) is 5.75. The van der Waals surface area contributed by atoms with Crippen molar-refractivity contribution in [2.24, 2.45) is 5.41 Å². The number of nitrogens with zero attached hydrogens (tertiary/aromatic N) is 1. The van der Waals surface area contributed by atoms with E-state index in [0.29, 0.717) is 31.7 Å². The summed E-state index contributed by atoms with van der Waals surface area (Å²) in [6, 6.07) is 0. The van der Waals surface area contributed by atoms with Gasteiger partial charge in [-0.25, -0.2) is 4.79 Å². The third-order valence-corrected chi connectivity index (χ3v) is 4.21. The molecule has 0 aromatic carbocycles. The van der Waals surface area contributed by atoms with Gasteiger partial charge in [-0.3, -0.25) is 4.79 Å². The van der Waals surface area contributed by atoms with Crippen LogP contribution in [0.5, 0.6) is 0 Å². The van der Waals surface area contributed by atoms with Crippen molar-refractivity contribution in [1.82, 2.24) is 4.90 Å². The third-order valence-electron chi connectivity index (χ3n) is 4.21. The van der Waals surface area contributed by atoms with E-state index in [-0.39, 0.29) is 5.41 Å². The third kappa shape index (κ3) is 3.71. The summed E-state index contributed by atoms with van der Waals surface area (Å²) in [5, 5.41) is 0. The van der Waals surface area contributed by atoms with E-state index < -0.39 is 11.7 Å². The van der Waals surface area contributed by atoms with E-state index in [9.17, 15) is 9.59 Å². The number of likely N-dealkylation sites (tertiary alicyclic amines) is 1. The van der Waals surface area contributed by atoms with Crippen molar-refractivity contribution in [3.05, 3.63) is 20.8 Å². The summed E-state index contributed by atoms with van der Waals surface area (Å²) >= 11 is 0. The molecule has 0 bridgehead atoms. The molecule has 1 saturated carbocycles. The molecule has 2 rings (SSSR count). The summed E-state index contributed by atoms with van der Waals surface area (Å²) < 4.78 is 4.74. The van der Waals surface area contributed by atoms with Crippen LogP contribution in [0.15, 0.2) is 0 Å². The fourth-order valence-corrected chi connectivity index (χ4v) is 2.94. The zero-order valence-corrected chi connectivity index (χ0v) is 11.1. The average molecular weight is 261 g/mol. The first-order valence-corrected chi connectivity index (χ1v) is 6.66. The average Bonchev–Trinajstić information content (AvgIpc) is 2.32. The number of Topliss-reactive ketones (excluding diaryl/α,β-unsaturated/α-hetero) is 1. The quantitative estimate of drug-likeness (QED) is 0.727. The molecule has 4 nitrogen and oxygen atoms in total. The molecule has 1 amide bonds. The fraction of sp³-hybridized carbons (Fsp3) is 0.667. The molecule has 0 atom stereocenters. The highest BCUT2D eigenvalue weighted by molar-refractivity contribution is 5.79. The Hall–Kier alpha value is -1.06. The van der Waals surface area contributed by atoms with Crippen LogP contribution in [0.1, 0.15) is 38.5 Å². The molecular weight excluding hydrogens is 242 g/mol. The Bertz CT molecular complexity index is 350. The van der Waals surface area contributed by atoms with E-state index in [1.165, 1.54) is 0 Å². The Kier molecular flexibility index (Phi) is 3.88. The highest BCUT2D eigenvalue weighted by Gasteiger charge is 2.39. The number of amides is 1. The second-order valence-electron chi connectivity index (χ2n) is 5.75. The van der Waals surface area contributed by atoms with Gasteiger partial charge in [0.25, 0.3) is 0 Å². The molecule has 4 heteroatoms. The molecule has 102 valence electrons. The minimum Gasteiger partial charge on any atom is -0.442 e. The standard InChI is InChI=1S/C15H19NO3/c1-14(2,3)19-13(18)16-10-8-15(9-11-16)6-4-12(17)5-7-15/h1-3H,4-11H2. The van der Waals surface area contributed by atoms with Crippen molar-refractivity contribution in [3.8, 4) is 0 Å². The van der Waals surface area contributed by atoms with Crippen molar-refractivity contribution < 1.29 is 14.3 Å². The fourth-order valence-electron chi connectivity index (χ4n) is 2.94. The van der Waals surface area contributed by atoms with Crippen LogP contribution >= 0.6 is 0 Å². The van der Waals surface area contributed by atoms with Crippen LogP contribution in [0.3, 0.4) is 0 Å². The zero-order valence-electron chi connectivity index (χ0n) is 11.1. The number of piperidine rings is 1. The summed E-state index contributed by atoms with van der Waals surface area (Å²) in [4.78, 5) is 24.6.